The van der Waals surface area contributed by atoms with E-state index >= 15 is 0 Å². The van der Waals surface area contributed by atoms with Gasteiger partial charge in [0.1, 0.15) is 9.90 Å². The third-order valence-corrected chi connectivity index (χ3v) is 6.36. The van der Waals surface area contributed by atoms with Crippen LogP contribution in [0.4, 0.5) is 0 Å². The number of nitrogens with zero attached hydrogens (tertiary/aromatic N) is 2. The molecular formula is C13H10ClN3O4S2. The van der Waals surface area contributed by atoms with E-state index in [1.165, 1.54) is 24.4 Å². The first-order valence-electron chi connectivity index (χ1n) is 6.46. The highest BCUT2D eigenvalue weighted by atomic mass is 35.5. The molecule has 3 heterocycles. The molecule has 0 saturated heterocycles. The molecule has 10 heteroatoms. The summed E-state index contributed by atoms with van der Waals surface area (Å²) in [6, 6.07) is 5.95. The van der Waals surface area contributed by atoms with E-state index in [0.717, 1.165) is 16.2 Å². The van der Waals surface area contributed by atoms with Crippen LogP contribution in [0.3, 0.4) is 0 Å². The number of pyridine rings is 1. The molecule has 0 unspecified atom stereocenters. The third-order valence-electron chi connectivity index (χ3n) is 3.17. The molecular weight excluding hydrogens is 362 g/mol. The van der Waals surface area contributed by atoms with Crippen LogP contribution in [-0.4, -0.2) is 43.2 Å². The van der Waals surface area contributed by atoms with Crippen LogP contribution < -0.4 is 4.72 Å². The zero-order valence-corrected chi connectivity index (χ0v) is 13.9. The van der Waals surface area contributed by atoms with Gasteiger partial charge in [0.25, 0.3) is 11.8 Å². The van der Waals surface area contributed by atoms with Gasteiger partial charge < -0.3 is 0 Å². The number of amides is 2. The number of nitrogens with one attached hydrogen (secondary N) is 1. The van der Waals surface area contributed by atoms with Crippen LogP contribution in [0.5, 0.6) is 0 Å². The van der Waals surface area contributed by atoms with Gasteiger partial charge in [0.2, 0.25) is 10.0 Å². The van der Waals surface area contributed by atoms with Crippen molar-refractivity contribution in [1.29, 1.82) is 0 Å². The highest BCUT2D eigenvalue weighted by Crippen LogP contribution is 2.25. The van der Waals surface area contributed by atoms with Gasteiger partial charge >= 0.3 is 0 Å². The molecule has 3 rings (SSSR count). The number of carbonyl (C=O) groups excluding carboxylic acids is 2. The summed E-state index contributed by atoms with van der Waals surface area (Å²) in [4.78, 5) is 29.1. The number of halogens is 1. The fourth-order valence-corrected chi connectivity index (χ4v) is 4.67. The fourth-order valence-electron chi connectivity index (χ4n) is 2.12. The zero-order valence-electron chi connectivity index (χ0n) is 11.5. The summed E-state index contributed by atoms with van der Waals surface area (Å²) in [5.41, 5.74) is 0.316. The van der Waals surface area contributed by atoms with Crippen molar-refractivity contribution in [3.63, 3.8) is 0 Å². The number of hydrogen-bond acceptors (Lipinski definition) is 6. The molecule has 0 spiro atoms. The summed E-state index contributed by atoms with van der Waals surface area (Å²) in [7, 11) is -3.71. The Morgan fingerprint density at radius 2 is 2.00 bits per heavy atom. The normalized spacial score (nSPS) is 14.4. The molecule has 7 nitrogen and oxygen atoms in total. The lowest BCUT2D eigenvalue weighted by Crippen LogP contribution is -2.38. The van der Waals surface area contributed by atoms with Crippen molar-refractivity contribution in [3.05, 3.63) is 46.1 Å². The van der Waals surface area contributed by atoms with Crippen molar-refractivity contribution in [2.24, 2.45) is 0 Å². The second kappa shape index (κ2) is 6.00. The molecule has 2 aromatic rings. The number of rotatable bonds is 5. The molecule has 1 aliphatic rings. The SMILES string of the molecule is O=C1c2cccnc2C(=O)N1CCNS(=O)(=O)c1ccc(Cl)s1. The molecule has 0 bridgehead atoms. The molecule has 0 saturated carbocycles. The lowest BCUT2D eigenvalue weighted by Gasteiger charge is -2.13. The summed E-state index contributed by atoms with van der Waals surface area (Å²) in [6.07, 6.45) is 1.43. The molecule has 2 aromatic heterocycles. The van der Waals surface area contributed by atoms with Crippen molar-refractivity contribution < 1.29 is 18.0 Å². The van der Waals surface area contributed by atoms with Crippen LogP contribution in [-0.2, 0) is 10.0 Å². The molecule has 0 aromatic carbocycles. The molecule has 1 N–H and O–H groups in total. The molecule has 120 valence electrons. The zero-order chi connectivity index (χ0) is 16.6. The second-order valence-electron chi connectivity index (χ2n) is 4.62. The summed E-state index contributed by atoms with van der Waals surface area (Å²) < 4.78 is 26.9. The van der Waals surface area contributed by atoms with Gasteiger partial charge in [0, 0.05) is 19.3 Å². The van der Waals surface area contributed by atoms with Crippen molar-refractivity contribution in [2.75, 3.05) is 13.1 Å². The number of aromatic nitrogens is 1. The number of imide groups is 1. The summed E-state index contributed by atoms with van der Waals surface area (Å²) in [5.74, 6) is -1.000. The number of thiophene rings is 1. The molecule has 0 atom stereocenters. The van der Waals surface area contributed by atoms with Gasteiger partial charge in [-0.2, -0.15) is 0 Å². The Labute approximate surface area is 140 Å². The van der Waals surface area contributed by atoms with Gasteiger partial charge in [-0.1, -0.05) is 11.6 Å². The van der Waals surface area contributed by atoms with Crippen molar-refractivity contribution in [3.8, 4) is 0 Å². The van der Waals surface area contributed by atoms with E-state index in [1.54, 1.807) is 6.07 Å². The molecule has 23 heavy (non-hydrogen) atoms. The van der Waals surface area contributed by atoms with Gasteiger partial charge in [-0.05, 0) is 24.3 Å². The smallest absolute Gasteiger partial charge is 0.272 e. The van der Waals surface area contributed by atoms with Crippen LogP contribution in [0.25, 0.3) is 0 Å². The molecule has 0 radical (unpaired) electrons. The number of sulfonamides is 1. The second-order valence-corrected chi connectivity index (χ2v) is 8.33. The molecule has 1 aliphatic heterocycles. The highest BCUT2D eigenvalue weighted by Gasteiger charge is 2.36. The average Bonchev–Trinajstić information content (AvgIpc) is 3.06. The Morgan fingerprint density at radius 3 is 2.65 bits per heavy atom. The van der Waals surface area contributed by atoms with Gasteiger partial charge in [-0.15, -0.1) is 11.3 Å². The Hall–Kier alpha value is -1.81. The first-order valence-corrected chi connectivity index (χ1v) is 9.14. The van der Waals surface area contributed by atoms with E-state index < -0.39 is 21.8 Å². The van der Waals surface area contributed by atoms with Gasteiger partial charge in [-0.25, -0.2) is 13.1 Å². The van der Waals surface area contributed by atoms with Gasteiger partial charge in [0.15, 0.2) is 0 Å². The average molecular weight is 372 g/mol. The quantitative estimate of drug-likeness (QED) is 0.801. The van der Waals surface area contributed by atoms with Crippen LogP contribution >= 0.6 is 22.9 Å². The van der Waals surface area contributed by atoms with E-state index in [4.69, 9.17) is 11.6 Å². The number of fused-ring (bicyclic) bond motifs is 1. The Bertz CT molecular complexity index is 859. The maximum absolute atomic E-state index is 12.1. The largest absolute Gasteiger partial charge is 0.280 e. The summed E-state index contributed by atoms with van der Waals surface area (Å²) in [5, 5.41) is 0. The minimum Gasteiger partial charge on any atom is -0.272 e. The van der Waals surface area contributed by atoms with Gasteiger partial charge in [0.05, 0.1) is 9.90 Å². The van der Waals surface area contributed by atoms with Crippen molar-refractivity contribution in [1.82, 2.24) is 14.6 Å². The van der Waals surface area contributed by atoms with E-state index in [2.05, 4.69) is 9.71 Å². The number of carbonyl (C=O) groups is 2. The lowest BCUT2D eigenvalue weighted by molar-refractivity contribution is 0.0655. The number of hydrogen-bond donors (Lipinski definition) is 1. The summed E-state index contributed by atoms with van der Waals surface area (Å²) >= 11 is 6.64. The third kappa shape index (κ3) is 3.00. The van der Waals surface area contributed by atoms with Crippen LogP contribution in [0.2, 0.25) is 4.34 Å². The van der Waals surface area contributed by atoms with E-state index in [-0.39, 0.29) is 28.6 Å². The van der Waals surface area contributed by atoms with Crippen LogP contribution in [0.1, 0.15) is 20.8 Å². The van der Waals surface area contributed by atoms with Crippen molar-refractivity contribution >= 4 is 44.8 Å². The Kier molecular flexibility index (Phi) is 4.19. The molecule has 0 aliphatic carbocycles. The van der Waals surface area contributed by atoms with E-state index in [0.29, 0.717) is 4.34 Å². The predicted molar refractivity (Wildman–Crippen MR) is 84.1 cm³/mol. The first kappa shape index (κ1) is 16.1. The maximum Gasteiger partial charge on any atom is 0.280 e. The molecule has 0 fully saturated rings. The predicted octanol–water partition coefficient (Wildman–Crippen LogP) is 1.37. The first-order chi connectivity index (χ1) is 10.9. The minimum atomic E-state index is -3.71. The maximum atomic E-state index is 12.1. The Balaban J connectivity index is 1.66. The van der Waals surface area contributed by atoms with Gasteiger partial charge in [-0.3, -0.25) is 19.5 Å². The topological polar surface area (TPSA) is 96.4 Å². The van der Waals surface area contributed by atoms with E-state index in [1.807, 2.05) is 0 Å². The standard InChI is InChI=1S/C13H10ClN3O4S2/c14-9-3-4-10(22-9)23(20,21)16-6-7-17-12(18)8-2-1-5-15-11(8)13(17)19/h1-5,16H,6-7H2. The van der Waals surface area contributed by atoms with Crippen LogP contribution in [0, 0.1) is 0 Å². The fraction of sp³-hybridized carbons (Fsp3) is 0.154. The Morgan fingerprint density at radius 1 is 1.22 bits per heavy atom. The highest BCUT2D eigenvalue weighted by molar-refractivity contribution is 7.91. The van der Waals surface area contributed by atoms with Crippen LogP contribution in [0.15, 0.2) is 34.7 Å². The monoisotopic (exact) mass is 371 g/mol. The molecule has 2 amide bonds. The lowest BCUT2D eigenvalue weighted by atomic mass is 10.2. The van der Waals surface area contributed by atoms with Crippen molar-refractivity contribution in [2.45, 2.75) is 4.21 Å². The summed E-state index contributed by atoms with van der Waals surface area (Å²) in [6.45, 7) is -0.171. The van der Waals surface area contributed by atoms with E-state index in [9.17, 15) is 18.0 Å². The minimum absolute atomic E-state index is 0.0755.